The molecule has 1 aliphatic rings. The van der Waals surface area contributed by atoms with Crippen molar-refractivity contribution < 1.29 is 19.0 Å². The highest BCUT2D eigenvalue weighted by molar-refractivity contribution is 6.34. The normalized spacial score (nSPS) is 22.5. The maximum atomic E-state index is 13.6. The zero-order valence-corrected chi connectivity index (χ0v) is 15.2. The van der Waals surface area contributed by atoms with Crippen molar-refractivity contribution >= 4 is 22.8 Å². The molecule has 7 heteroatoms. The Morgan fingerprint density at radius 3 is 2.85 bits per heavy atom. The topological polar surface area (TPSA) is 56.9 Å². The number of nitrogens with zero attached hydrogens (tertiary/aromatic N) is 1. The van der Waals surface area contributed by atoms with E-state index in [1.807, 2.05) is 22.7 Å². The molecular weight excluding hydrogens is 362 g/mol. The Morgan fingerprint density at radius 1 is 1.38 bits per heavy atom. The Balaban J connectivity index is 1.82. The summed E-state index contributed by atoms with van der Waals surface area (Å²) in [5.74, 6) is -2.84. The second-order valence-electron chi connectivity index (χ2n) is 7.04. The maximum Gasteiger partial charge on any atom is 0.251 e. The minimum absolute atomic E-state index is 0.00144. The number of pyridine rings is 1. The lowest BCUT2D eigenvalue weighted by molar-refractivity contribution is -0.121. The number of nitrogens with one attached hydrogen (secondary N) is 1. The molecule has 0 spiro atoms. The highest BCUT2D eigenvalue weighted by Gasteiger charge is 2.44. The van der Waals surface area contributed by atoms with Crippen molar-refractivity contribution in [2.45, 2.75) is 43.6 Å². The monoisotopic (exact) mass is 384 g/mol. The molecule has 0 radical (unpaired) electrons. The third-order valence-electron chi connectivity index (χ3n) is 4.92. The zero-order chi connectivity index (χ0) is 18.9. The molecule has 1 saturated carbocycles. The maximum absolute atomic E-state index is 13.6. The van der Waals surface area contributed by atoms with Gasteiger partial charge in [0.25, 0.3) is 5.92 Å². The molecule has 3 rings (SSSR count). The number of hydrogen-bond donors (Lipinski definition) is 3. The van der Waals surface area contributed by atoms with Gasteiger partial charge in [0.1, 0.15) is 0 Å². The molecule has 0 saturated heterocycles. The first kappa shape index (κ1) is 19.1. The Labute approximate surface area is 156 Å². The van der Waals surface area contributed by atoms with Gasteiger partial charge in [-0.15, -0.1) is 0 Å². The molecule has 26 heavy (non-hydrogen) atoms. The third kappa shape index (κ3) is 3.87. The lowest BCUT2D eigenvalue weighted by Crippen LogP contribution is -2.47. The second kappa shape index (κ2) is 7.18. The van der Waals surface area contributed by atoms with Crippen molar-refractivity contribution in [2.24, 2.45) is 0 Å². The minimum atomic E-state index is -2.84. The summed E-state index contributed by atoms with van der Waals surface area (Å²) in [7, 11) is 0. The summed E-state index contributed by atoms with van der Waals surface area (Å²) in [6, 6.07) is 5.43. The molecule has 2 aromatic heterocycles. The molecule has 4 nitrogen and oxygen atoms in total. The van der Waals surface area contributed by atoms with E-state index in [-0.39, 0.29) is 19.6 Å². The van der Waals surface area contributed by atoms with Gasteiger partial charge in [-0.25, -0.2) is 8.78 Å². The molecule has 0 amide bonds. The fourth-order valence-corrected chi connectivity index (χ4v) is 3.94. The summed E-state index contributed by atoms with van der Waals surface area (Å²) in [6.45, 7) is 3.99. The Hall–Kier alpha value is -1.63. The first-order chi connectivity index (χ1) is 12.2. The minimum Gasteiger partial charge on any atom is -0.396 e. The van der Waals surface area contributed by atoms with Crippen LogP contribution in [0.2, 0.25) is 5.02 Å². The van der Waals surface area contributed by atoms with Crippen molar-refractivity contribution in [3.8, 4) is 0 Å². The fourth-order valence-electron chi connectivity index (χ4n) is 3.67. The van der Waals surface area contributed by atoms with Crippen LogP contribution in [0, 0.1) is 0 Å². The van der Waals surface area contributed by atoms with Crippen LogP contribution in [0.1, 0.15) is 36.9 Å². The summed E-state index contributed by atoms with van der Waals surface area (Å²) >= 11 is 6.33. The van der Waals surface area contributed by atoms with Gasteiger partial charge in [0.15, 0.2) is 0 Å². The van der Waals surface area contributed by atoms with Crippen LogP contribution in [-0.2, 0) is 6.42 Å². The van der Waals surface area contributed by atoms with Gasteiger partial charge in [-0.2, -0.15) is 0 Å². The smallest absolute Gasteiger partial charge is 0.251 e. The molecule has 2 aromatic rings. The Kier molecular flexibility index (Phi) is 5.28. The van der Waals surface area contributed by atoms with E-state index in [4.69, 9.17) is 11.6 Å². The van der Waals surface area contributed by atoms with Crippen LogP contribution in [0.5, 0.6) is 0 Å². The predicted octanol–water partition coefficient (Wildman–Crippen LogP) is 3.63. The van der Waals surface area contributed by atoms with Crippen LogP contribution in [0.4, 0.5) is 8.78 Å². The van der Waals surface area contributed by atoms with Crippen LogP contribution in [0.15, 0.2) is 31.0 Å². The van der Waals surface area contributed by atoms with E-state index in [0.717, 1.165) is 16.8 Å². The van der Waals surface area contributed by atoms with Crippen molar-refractivity contribution in [3.63, 3.8) is 0 Å². The molecular formula is C19H23ClF2N2O2. The van der Waals surface area contributed by atoms with E-state index in [2.05, 4.69) is 11.9 Å². The number of aromatic nitrogens is 1. The van der Waals surface area contributed by atoms with Gasteiger partial charge in [0.2, 0.25) is 0 Å². The summed E-state index contributed by atoms with van der Waals surface area (Å²) < 4.78 is 29.2. The number of fused-ring (bicyclic) bond motifs is 1. The quantitative estimate of drug-likeness (QED) is 0.712. The standard InChI is InChI=1S/C19H23ClF2N2O2/c1-13(23-12-18(26)6-3-7-19(21,22)11-18)15-10-14(5-9-25)24-8-2-4-16(20)17(15)24/h2,4,8,10,23,25-26H,1,3,5-7,9,11-12H2. The Bertz CT molecular complexity index is 821. The van der Waals surface area contributed by atoms with Crippen LogP contribution in [0.25, 0.3) is 11.2 Å². The van der Waals surface area contributed by atoms with Gasteiger partial charge in [-0.3, -0.25) is 0 Å². The van der Waals surface area contributed by atoms with Crippen LogP contribution in [0.3, 0.4) is 0 Å². The van der Waals surface area contributed by atoms with Crippen LogP contribution in [-0.4, -0.2) is 39.3 Å². The average molecular weight is 385 g/mol. The summed E-state index contributed by atoms with van der Waals surface area (Å²) in [5, 5.41) is 23.3. The van der Waals surface area contributed by atoms with E-state index < -0.39 is 17.9 Å². The van der Waals surface area contributed by atoms with E-state index >= 15 is 0 Å². The lowest BCUT2D eigenvalue weighted by atomic mass is 9.82. The van der Waals surface area contributed by atoms with Gasteiger partial charge < -0.3 is 19.9 Å². The SMILES string of the molecule is C=C(NCC1(O)CCCC(F)(F)C1)c1cc(CCO)n2cccc(Cl)c12. The van der Waals surface area contributed by atoms with Crippen LogP contribution >= 0.6 is 11.6 Å². The number of rotatable bonds is 6. The van der Waals surface area contributed by atoms with Gasteiger partial charge in [0, 0.05) is 55.6 Å². The Morgan fingerprint density at radius 2 is 2.15 bits per heavy atom. The number of halogens is 3. The zero-order valence-electron chi connectivity index (χ0n) is 14.4. The highest BCUT2D eigenvalue weighted by atomic mass is 35.5. The summed E-state index contributed by atoms with van der Waals surface area (Å²) in [4.78, 5) is 0. The summed E-state index contributed by atoms with van der Waals surface area (Å²) in [6.07, 6.45) is 2.19. The number of alkyl halides is 2. The molecule has 2 heterocycles. The van der Waals surface area contributed by atoms with E-state index in [0.29, 0.717) is 30.0 Å². The van der Waals surface area contributed by atoms with Gasteiger partial charge in [0.05, 0.1) is 16.1 Å². The molecule has 142 valence electrons. The predicted molar refractivity (Wildman–Crippen MR) is 98.6 cm³/mol. The fraction of sp³-hybridized carbons (Fsp3) is 0.474. The number of aliphatic hydroxyl groups is 2. The van der Waals surface area contributed by atoms with Gasteiger partial charge in [-0.05, 0) is 31.0 Å². The summed E-state index contributed by atoms with van der Waals surface area (Å²) in [5.41, 5.74) is 1.37. The molecule has 0 aromatic carbocycles. The van der Waals surface area contributed by atoms with Crippen molar-refractivity contribution in [2.75, 3.05) is 13.2 Å². The largest absolute Gasteiger partial charge is 0.396 e. The third-order valence-corrected chi connectivity index (χ3v) is 5.22. The van der Waals surface area contributed by atoms with Gasteiger partial charge in [-0.1, -0.05) is 18.2 Å². The van der Waals surface area contributed by atoms with Gasteiger partial charge >= 0.3 is 0 Å². The van der Waals surface area contributed by atoms with Crippen molar-refractivity contribution in [1.29, 1.82) is 0 Å². The molecule has 1 atom stereocenters. The molecule has 1 fully saturated rings. The van der Waals surface area contributed by atoms with E-state index in [9.17, 15) is 19.0 Å². The second-order valence-corrected chi connectivity index (χ2v) is 7.45. The highest BCUT2D eigenvalue weighted by Crippen LogP contribution is 2.39. The first-order valence-electron chi connectivity index (χ1n) is 8.67. The van der Waals surface area contributed by atoms with E-state index in [1.54, 1.807) is 6.07 Å². The molecule has 0 bridgehead atoms. The van der Waals surface area contributed by atoms with E-state index in [1.165, 1.54) is 0 Å². The number of hydrogen-bond acceptors (Lipinski definition) is 3. The van der Waals surface area contributed by atoms with Crippen LogP contribution < -0.4 is 5.32 Å². The lowest BCUT2D eigenvalue weighted by Gasteiger charge is -2.37. The first-order valence-corrected chi connectivity index (χ1v) is 9.05. The molecule has 1 aliphatic carbocycles. The van der Waals surface area contributed by atoms with Crippen molar-refractivity contribution in [3.05, 3.63) is 47.3 Å². The molecule has 0 aliphatic heterocycles. The van der Waals surface area contributed by atoms with Crippen molar-refractivity contribution in [1.82, 2.24) is 9.72 Å². The molecule has 1 unspecified atom stereocenters. The average Bonchev–Trinajstić information content (AvgIpc) is 2.92. The number of aliphatic hydroxyl groups excluding tert-OH is 1. The molecule has 3 N–H and O–H groups in total.